The average Bonchev–Trinajstić information content (AvgIpc) is 2.14. The average molecular weight is 212 g/mol. The zero-order chi connectivity index (χ0) is 11.5. The number of hydrogen-bond acceptors (Lipinski definition) is 1. The van der Waals surface area contributed by atoms with Crippen LogP contribution in [0.3, 0.4) is 0 Å². The van der Waals surface area contributed by atoms with Gasteiger partial charge in [-0.2, -0.15) is 0 Å². The highest BCUT2D eigenvalue weighted by Crippen LogP contribution is 2.26. The highest BCUT2D eigenvalue weighted by atomic mass is 19.3. The predicted octanol–water partition coefficient (Wildman–Crippen LogP) is 3.32. The molecule has 0 aliphatic heterocycles. The lowest BCUT2D eigenvalue weighted by Crippen LogP contribution is -2.06. The van der Waals surface area contributed by atoms with Crippen molar-refractivity contribution >= 4 is 5.78 Å². The SMILES string of the molecule is CC(=O)CCc1ccc(C(C)(F)F)cc1. The van der Waals surface area contributed by atoms with Crippen molar-refractivity contribution in [2.75, 3.05) is 0 Å². The van der Waals surface area contributed by atoms with Gasteiger partial charge in [0, 0.05) is 18.9 Å². The van der Waals surface area contributed by atoms with E-state index in [1.807, 2.05) is 0 Å². The maximum Gasteiger partial charge on any atom is 0.270 e. The highest BCUT2D eigenvalue weighted by Gasteiger charge is 2.23. The first-order valence-electron chi connectivity index (χ1n) is 4.86. The molecule has 0 atom stereocenters. The van der Waals surface area contributed by atoms with Gasteiger partial charge in [0.2, 0.25) is 0 Å². The Bertz CT molecular complexity index is 336. The molecule has 1 nitrogen and oxygen atoms in total. The highest BCUT2D eigenvalue weighted by molar-refractivity contribution is 5.75. The van der Waals surface area contributed by atoms with Crippen molar-refractivity contribution in [3.05, 3.63) is 35.4 Å². The lowest BCUT2D eigenvalue weighted by atomic mass is 10.0. The molecular formula is C12H14F2O. The lowest BCUT2D eigenvalue weighted by Gasteiger charge is -2.10. The van der Waals surface area contributed by atoms with Crippen LogP contribution in [0.15, 0.2) is 24.3 Å². The first-order chi connectivity index (χ1) is 6.89. The third-order valence-corrected chi connectivity index (χ3v) is 2.23. The lowest BCUT2D eigenvalue weighted by molar-refractivity contribution is -0.116. The molecule has 0 aliphatic carbocycles. The van der Waals surface area contributed by atoms with Crippen molar-refractivity contribution < 1.29 is 13.6 Å². The van der Waals surface area contributed by atoms with E-state index in [9.17, 15) is 13.6 Å². The Morgan fingerprint density at radius 1 is 1.27 bits per heavy atom. The van der Waals surface area contributed by atoms with Crippen LogP contribution in [0, 0.1) is 0 Å². The molecule has 0 aromatic heterocycles. The van der Waals surface area contributed by atoms with E-state index in [0.29, 0.717) is 12.8 Å². The van der Waals surface area contributed by atoms with Gasteiger partial charge in [0.15, 0.2) is 0 Å². The maximum absolute atomic E-state index is 12.8. The van der Waals surface area contributed by atoms with Crippen LogP contribution in [-0.2, 0) is 17.1 Å². The van der Waals surface area contributed by atoms with Gasteiger partial charge in [0.25, 0.3) is 5.92 Å². The minimum absolute atomic E-state index is 0.00840. The van der Waals surface area contributed by atoms with Crippen molar-refractivity contribution in [1.82, 2.24) is 0 Å². The van der Waals surface area contributed by atoms with Crippen LogP contribution >= 0.6 is 0 Å². The van der Waals surface area contributed by atoms with Gasteiger partial charge in [-0.15, -0.1) is 0 Å². The molecule has 0 spiro atoms. The van der Waals surface area contributed by atoms with E-state index in [1.54, 1.807) is 12.1 Å². The summed E-state index contributed by atoms with van der Waals surface area (Å²) >= 11 is 0. The molecular weight excluding hydrogens is 198 g/mol. The van der Waals surface area contributed by atoms with Crippen LogP contribution in [0.25, 0.3) is 0 Å². The Labute approximate surface area is 88.1 Å². The Morgan fingerprint density at radius 3 is 2.20 bits per heavy atom. The van der Waals surface area contributed by atoms with E-state index in [2.05, 4.69) is 0 Å². The van der Waals surface area contributed by atoms with Gasteiger partial charge >= 0.3 is 0 Å². The van der Waals surface area contributed by atoms with Gasteiger partial charge in [-0.05, 0) is 18.9 Å². The molecule has 15 heavy (non-hydrogen) atoms. The zero-order valence-corrected chi connectivity index (χ0v) is 8.89. The molecule has 0 amide bonds. The van der Waals surface area contributed by atoms with Crippen molar-refractivity contribution in [3.8, 4) is 0 Å². The van der Waals surface area contributed by atoms with Crippen LogP contribution in [0.5, 0.6) is 0 Å². The van der Waals surface area contributed by atoms with E-state index in [4.69, 9.17) is 0 Å². The fourth-order valence-electron chi connectivity index (χ4n) is 1.28. The van der Waals surface area contributed by atoms with Crippen molar-refractivity contribution in [2.24, 2.45) is 0 Å². The van der Waals surface area contributed by atoms with Crippen molar-refractivity contribution in [2.45, 2.75) is 32.6 Å². The fourth-order valence-corrected chi connectivity index (χ4v) is 1.28. The number of Topliss-reactive ketones (excluding diaryl/α,β-unsaturated/α-hetero) is 1. The van der Waals surface area contributed by atoms with Crippen LogP contribution in [0.2, 0.25) is 0 Å². The third kappa shape index (κ3) is 3.78. The summed E-state index contributed by atoms with van der Waals surface area (Å²) < 4.78 is 25.7. The van der Waals surface area contributed by atoms with E-state index in [1.165, 1.54) is 19.1 Å². The molecule has 0 saturated carbocycles. The predicted molar refractivity (Wildman–Crippen MR) is 55.0 cm³/mol. The summed E-state index contributed by atoms with van der Waals surface area (Å²) in [5.41, 5.74) is 0.923. The number of aryl methyl sites for hydroxylation is 1. The number of carbonyl (C=O) groups excluding carboxylic acids is 1. The number of carbonyl (C=O) groups is 1. The summed E-state index contributed by atoms with van der Waals surface area (Å²) in [6, 6.07) is 6.12. The number of halogens is 2. The fraction of sp³-hybridized carbons (Fsp3) is 0.417. The summed E-state index contributed by atoms with van der Waals surface area (Å²) in [6.07, 6.45) is 1.08. The molecule has 0 N–H and O–H groups in total. The normalized spacial score (nSPS) is 11.5. The quantitative estimate of drug-likeness (QED) is 0.748. The number of benzene rings is 1. The molecule has 1 rings (SSSR count). The van der Waals surface area contributed by atoms with Gasteiger partial charge in [-0.25, -0.2) is 8.78 Å². The van der Waals surface area contributed by atoms with Gasteiger partial charge in [-0.1, -0.05) is 24.3 Å². The second kappa shape index (κ2) is 4.51. The van der Waals surface area contributed by atoms with Crippen LogP contribution in [0.1, 0.15) is 31.4 Å². The summed E-state index contributed by atoms with van der Waals surface area (Å²) in [5.74, 6) is -2.68. The van der Waals surface area contributed by atoms with Gasteiger partial charge in [0.05, 0.1) is 0 Å². The summed E-state index contributed by atoms with van der Waals surface area (Å²) in [6.45, 7) is 2.39. The van der Waals surface area contributed by atoms with E-state index in [-0.39, 0.29) is 11.3 Å². The first-order valence-corrected chi connectivity index (χ1v) is 4.86. The second-order valence-corrected chi connectivity index (χ2v) is 3.79. The number of ketones is 1. The maximum atomic E-state index is 12.8. The number of hydrogen-bond donors (Lipinski definition) is 0. The Morgan fingerprint density at radius 2 is 1.80 bits per heavy atom. The Hall–Kier alpha value is -1.25. The molecule has 1 aromatic carbocycles. The molecule has 82 valence electrons. The monoisotopic (exact) mass is 212 g/mol. The largest absolute Gasteiger partial charge is 0.300 e. The molecule has 0 aliphatic rings. The van der Waals surface area contributed by atoms with Gasteiger partial charge in [-0.3, -0.25) is 0 Å². The molecule has 0 fully saturated rings. The zero-order valence-electron chi connectivity index (χ0n) is 8.89. The summed E-state index contributed by atoms with van der Waals surface area (Å²) in [7, 11) is 0. The molecule has 0 bridgehead atoms. The van der Waals surface area contributed by atoms with Gasteiger partial charge < -0.3 is 4.79 Å². The second-order valence-electron chi connectivity index (χ2n) is 3.79. The first kappa shape index (κ1) is 11.8. The van der Waals surface area contributed by atoms with E-state index in [0.717, 1.165) is 12.5 Å². The van der Waals surface area contributed by atoms with E-state index < -0.39 is 5.92 Å². The minimum atomic E-state index is -2.79. The van der Waals surface area contributed by atoms with Gasteiger partial charge in [0.1, 0.15) is 5.78 Å². The van der Waals surface area contributed by atoms with Crippen LogP contribution < -0.4 is 0 Å². The molecule has 0 unspecified atom stereocenters. The van der Waals surface area contributed by atoms with Crippen LogP contribution in [-0.4, -0.2) is 5.78 Å². The molecule has 3 heteroatoms. The molecule has 0 saturated heterocycles. The number of rotatable bonds is 4. The standard InChI is InChI=1S/C12H14F2O/c1-9(15)3-4-10-5-7-11(8-6-10)12(2,13)14/h5-8H,3-4H2,1-2H3. The summed E-state index contributed by atoms with van der Waals surface area (Å²) in [5, 5.41) is 0. The molecule has 0 radical (unpaired) electrons. The molecule has 0 heterocycles. The topological polar surface area (TPSA) is 17.1 Å². The smallest absolute Gasteiger partial charge is 0.270 e. The van der Waals surface area contributed by atoms with Crippen molar-refractivity contribution in [1.29, 1.82) is 0 Å². The van der Waals surface area contributed by atoms with Crippen LogP contribution in [0.4, 0.5) is 8.78 Å². The third-order valence-electron chi connectivity index (χ3n) is 2.23. The Balaban J connectivity index is 2.69. The summed E-state index contributed by atoms with van der Waals surface area (Å²) in [4.78, 5) is 10.7. The number of alkyl halides is 2. The van der Waals surface area contributed by atoms with E-state index >= 15 is 0 Å². The van der Waals surface area contributed by atoms with Crippen molar-refractivity contribution in [3.63, 3.8) is 0 Å². The Kier molecular flexibility index (Phi) is 3.56. The molecule has 1 aromatic rings. The minimum Gasteiger partial charge on any atom is -0.300 e.